The van der Waals surface area contributed by atoms with Gasteiger partial charge in [0.15, 0.2) is 0 Å². The lowest BCUT2D eigenvalue weighted by atomic mass is 9.80. The molecule has 0 bridgehead atoms. The maximum absolute atomic E-state index is 11.8. The van der Waals surface area contributed by atoms with Crippen molar-refractivity contribution in [3.05, 3.63) is 0 Å². The van der Waals surface area contributed by atoms with Crippen LogP contribution in [0.4, 0.5) is 0 Å². The third-order valence-corrected chi connectivity index (χ3v) is 3.20. The second-order valence-electron chi connectivity index (χ2n) is 5.14. The van der Waals surface area contributed by atoms with Crippen LogP contribution in [0.2, 0.25) is 0 Å². The molecule has 1 atom stereocenters. The number of nitrogens with zero attached hydrogens (tertiary/aromatic N) is 1. The Bertz CT molecular complexity index is 227. The van der Waals surface area contributed by atoms with Crippen molar-refractivity contribution in [1.29, 1.82) is 0 Å². The summed E-state index contributed by atoms with van der Waals surface area (Å²) < 4.78 is 5.02. The fraction of sp³-hybridized carbons (Fsp3) is 0.917. The number of carbonyl (C=O) groups is 1. The molecule has 1 aliphatic carbocycles. The molecule has 4 heteroatoms. The molecule has 1 unspecified atom stereocenters. The normalized spacial score (nSPS) is 26.0. The summed E-state index contributed by atoms with van der Waals surface area (Å²) in [6.07, 6.45) is 2.69. The summed E-state index contributed by atoms with van der Waals surface area (Å²) in [5.74, 6) is 1.12. The number of rotatable bonds is 6. The van der Waals surface area contributed by atoms with Crippen molar-refractivity contribution in [2.75, 3.05) is 27.3 Å². The van der Waals surface area contributed by atoms with Gasteiger partial charge in [-0.1, -0.05) is 6.92 Å². The molecule has 0 aromatic carbocycles. The van der Waals surface area contributed by atoms with Crippen molar-refractivity contribution < 1.29 is 9.53 Å². The van der Waals surface area contributed by atoms with E-state index in [2.05, 4.69) is 0 Å². The SMILES string of the molecule is COCC(C)CC(=O)N(C)CC1CC(N)C1. The molecule has 94 valence electrons. The van der Waals surface area contributed by atoms with Gasteiger partial charge in [0, 0.05) is 39.8 Å². The maximum Gasteiger partial charge on any atom is 0.222 e. The number of nitrogens with two attached hydrogens (primary N) is 1. The standard InChI is InChI=1S/C12H24N2O2/c1-9(8-16-3)4-12(15)14(2)7-10-5-11(13)6-10/h9-11H,4-8,13H2,1-3H3. The summed E-state index contributed by atoms with van der Waals surface area (Å²) >= 11 is 0. The first-order valence-electron chi connectivity index (χ1n) is 6.01. The lowest BCUT2D eigenvalue weighted by Crippen LogP contribution is -2.43. The highest BCUT2D eigenvalue weighted by atomic mass is 16.5. The van der Waals surface area contributed by atoms with Gasteiger partial charge in [-0.15, -0.1) is 0 Å². The molecule has 0 spiro atoms. The van der Waals surface area contributed by atoms with E-state index in [0.29, 0.717) is 30.9 Å². The van der Waals surface area contributed by atoms with Crippen LogP contribution in [-0.2, 0) is 9.53 Å². The van der Waals surface area contributed by atoms with Crippen molar-refractivity contribution in [2.24, 2.45) is 17.6 Å². The van der Waals surface area contributed by atoms with Gasteiger partial charge in [0.25, 0.3) is 0 Å². The first-order chi connectivity index (χ1) is 7.52. The Morgan fingerprint density at radius 1 is 1.56 bits per heavy atom. The Morgan fingerprint density at radius 2 is 2.19 bits per heavy atom. The molecule has 4 nitrogen and oxygen atoms in total. The van der Waals surface area contributed by atoms with Gasteiger partial charge in [-0.2, -0.15) is 0 Å². The molecule has 2 N–H and O–H groups in total. The second-order valence-corrected chi connectivity index (χ2v) is 5.14. The second kappa shape index (κ2) is 6.21. The Morgan fingerprint density at radius 3 is 2.69 bits per heavy atom. The Hall–Kier alpha value is -0.610. The van der Waals surface area contributed by atoms with Gasteiger partial charge in [-0.05, 0) is 24.7 Å². The molecule has 0 radical (unpaired) electrons. The number of carbonyl (C=O) groups excluding carboxylic acids is 1. The first-order valence-corrected chi connectivity index (χ1v) is 6.01. The van der Waals surface area contributed by atoms with Crippen molar-refractivity contribution >= 4 is 5.91 Å². The Balaban J connectivity index is 2.19. The third kappa shape index (κ3) is 4.10. The highest BCUT2D eigenvalue weighted by molar-refractivity contribution is 5.76. The molecular formula is C12H24N2O2. The van der Waals surface area contributed by atoms with Crippen molar-refractivity contribution in [3.63, 3.8) is 0 Å². The Labute approximate surface area is 98.1 Å². The van der Waals surface area contributed by atoms with Crippen LogP contribution in [0.15, 0.2) is 0 Å². The van der Waals surface area contributed by atoms with Gasteiger partial charge in [0.1, 0.15) is 0 Å². The Kier molecular flexibility index (Phi) is 5.22. The minimum absolute atomic E-state index is 0.213. The van der Waals surface area contributed by atoms with Gasteiger partial charge in [0.05, 0.1) is 0 Å². The summed E-state index contributed by atoms with van der Waals surface area (Å²) in [7, 11) is 3.55. The smallest absolute Gasteiger partial charge is 0.222 e. The van der Waals surface area contributed by atoms with Gasteiger partial charge >= 0.3 is 0 Å². The molecule has 0 saturated heterocycles. The summed E-state index contributed by atoms with van der Waals surface area (Å²) in [6, 6.07) is 0.362. The zero-order valence-corrected chi connectivity index (χ0v) is 10.6. The highest BCUT2D eigenvalue weighted by Gasteiger charge is 2.28. The highest BCUT2D eigenvalue weighted by Crippen LogP contribution is 2.26. The summed E-state index contributed by atoms with van der Waals surface area (Å²) in [6.45, 7) is 3.54. The number of amides is 1. The van der Waals surface area contributed by atoms with E-state index in [1.165, 1.54) is 0 Å². The summed E-state index contributed by atoms with van der Waals surface area (Å²) in [5, 5.41) is 0. The lowest BCUT2D eigenvalue weighted by molar-refractivity contribution is -0.132. The minimum Gasteiger partial charge on any atom is -0.384 e. The maximum atomic E-state index is 11.8. The van der Waals surface area contributed by atoms with Gasteiger partial charge in [-0.3, -0.25) is 4.79 Å². The molecule has 0 aromatic rings. The summed E-state index contributed by atoms with van der Waals surface area (Å²) in [4.78, 5) is 13.7. The fourth-order valence-corrected chi connectivity index (χ4v) is 2.22. The molecule has 16 heavy (non-hydrogen) atoms. The predicted octanol–water partition coefficient (Wildman–Crippen LogP) is 0.855. The number of hydrogen-bond acceptors (Lipinski definition) is 3. The van der Waals surface area contributed by atoms with Crippen LogP contribution in [0.1, 0.15) is 26.2 Å². The average molecular weight is 228 g/mol. The molecule has 1 aliphatic rings. The molecule has 1 amide bonds. The summed E-state index contributed by atoms with van der Waals surface area (Å²) in [5.41, 5.74) is 5.72. The number of ether oxygens (including phenoxy) is 1. The van der Waals surface area contributed by atoms with Crippen molar-refractivity contribution in [2.45, 2.75) is 32.2 Å². The van der Waals surface area contributed by atoms with Gasteiger partial charge < -0.3 is 15.4 Å². The van der Waals surface area contributed by atoms with E-state index in [-0.39, 0.29) is 5.91 Å². The van der Waals surface area contributed by atoms with E-state index in [4.69, 9.17) is 10.5 Å². The monoisotopic (exact) mass is 228 g/mol. The molecule has 1 fully saturated rings. The van der Waals surface area contributed by atoms with Crippen molar-refractivity contribution in [1.82, 2.24) is 4.90 Å². The van der Waals surface area contributed by atoms with Crippen LogP contribution < -0.4 is 5.73 Å². The first kappa shape index (κ1) is 13.5. The molecule has 0 aliphatic heterocycles. The van der Waals surface area contributed by atoms with E-state index in [1.807, 2.05) is 18.9 Å². The van der Waals surface area contributed by atoms with E-state index >= 15 is 0 Å². The number of methoxy groups -OCH3 is 1. The van der Waals surface area contributed by atoms with E-state index in [0.717, 1.165) is 19.4 Å². The predicted molar refractivity (Wildman–Crippen MR) is 64.0 cm³/mol. The lowest BCUT2D eigenvalue weighted by Gasteiger charge is -2.35. The number of hydrogen-bond donors (Lipinski definition) is 1. The van der Waals surface area contributed by atoms with Crippen LogP contribution in [0.5, 0.6) is 0 Å². The topological polar surface area (TPSA) is 55.6 Å². The molecule has 1 saturated carbocycles. The van der Waals surface area contributed by atoms with Gasteiger partial charge in [-0.25, -0.2) is 0 Å². The average Bonchev–Trinajstić information content (AvgIpc) is 2.15. The van der Waals surface area contributed by atoms with E-state index in [1.54, 1.807) is 7.11 Å². The van der Waals surface area contributed by atoms with Gasteiger partial charge in [0.2, 0.25) is 5.91 Å². The van der Waals surface area contributed by atoms with Crippen LogP contribution in [0.3, 0.4) is 0 Å². The van der Waals surface area contributed by atoms with E-state index < -0.39 is 0 Å². The van der Waals surface area contributed by atoms with Crippen LogP contribution in [0, 0.1) is 11.8 Å². The van der Waals surface area contributed by atoms with Crippen LogP contribution in [-0.4, -0.2) is 44.2 Å². The quantitative estimate of drug-likeness (QED) is 0.733. The third-order valence-electron chi connectivity index (χ3n) is 3.20. The molecular weight excluding hydrogens is 204 g/mol. The zero-order chi connectivity index (χ0) is 12.1. The molecule has 0 heterocycles. The zero-order valence-electron chi connectivity index (χ0n) is 10.6. The molecule has 0 aromatic heterocycles. The van der Waals surface area contributed by atoms with Crippen molar-refractivity contribution in [3.8, 4) is 0 Å². The van der Waals surface area contributed by atoms with Crippen LogP contribution >= 0.6 is 0 Å². The fourth-order valence-electron chi connectivity index (χ4n) is 2.22. The minimum atomic E-state index is 0.213. The molecule has 1 rings (SSSR count). The van der Waals surface area contributed by atoms with E-state index in [9.17, 15) is 4.79 Å². The largest absolute Gasteiger partial charge is 0.384 e. The van der Waals surface area contributed by atoms with Crippen LogP contribution in [0.25, 0.3) is 0 Å².